The van der Waals surface area contributed by atoms with Crippen LogP contribution in [0.1, 0.15) is 11.1 Å². The molecule has 0 fully saturated rings. The Kier molecular flexibility index (Phi) is 8.42. The Balaban J connectivity index is 0.000000806. The summed E-state index contributed by atoms with van der Waals surface area (Å²) >= 11 is -0.556. The van der Waals surface area contributed by atoms with Crippen molar-refractivity contribution in [1.82, 2.24) is 0 Å². The number of hydrogen-bond acceptors (Lipinski definition) is 2. The zero-order valence-electron chi connectivity index (χ0n) is 16.1. The monoisotopic (exact) mass is 470 g/mol. The first kappa shape index (κ1) is 22.5. The second-order valence-corrected chi connectivity index (χ2v) is 9.19. The molecule has 0 atom stereocenters. The third kappa shape index (κ3) is 5.47. The van der Waals surface area contributed by atoms with Crippen LogP contribution < -0.4 is 0 Å². The first-order valence-electron chi connectivity index (χ1n) is 9.34. The predicted octanol–water partition coefficient (Wildman–Crippen LogP) is 7.40. The van der Waals surface area contributed by atoms with Crippen molar-refractivity contribution >= 4 is 18.6 Å². The summed E-state index contributed by atoms with van der Waals surface area (Å²) < 4.78 is 0. The van der Waals surface area contributed by atoms with Crippen LogP contribution in [0, 0.1) is 0 Å². The average Bonchev–Trinajstić information content (AvgIpc) is 2.78. The average molecular weight is 471 g/mol. The molecule has 5 heteroatoms. The van der Waals surface area contributed by atoms with Crippen molar-refractivity contribution in [3.05, 3.63) is 108 Å². The number of rotatable bonds is 4. The zero-order chi connectivity index (χ0) is 21.3. The molecule has 0 saturated heterocycles. The van der Waals surface area contributed by atoms with Gasteiger partial charge in [0.1, 0.15) is 11.5 Å². The van der Waals surface area contributed by atoms with Crippen LogP contribution in [-0.2, 0) is 23.5 Å². The van der Waals surface area contributed by atoms with Crippen molar-refractivity contribution < 1.29 is 27.2 Å². The normalized spacial score (nSPS) is 10.1. The maximum atomic E-state index is 10.8. The molecule has 0 unspecified atom stereocenters. The molecule has 0 radical (unpaired) electrons. The van der Waals surface area contributed by atoms with Crippen molar-refractivity contribution in [3.63, 3.8) is 0 Å². The first-order chi connectivity index (χ1) is 14.7. The Morgan fingerprint density at radius 3 is 1.27 bits per heavy atom. The maximum absolute atomic E-state index is 10.8. The Labute approximate surface area is 193 Å². The van der Waals surface area contributed by atoms with Crippen LogP contribution in [0.4, 0.5) is 0 Å². The fraction of sp³-hybridized carbons (Fsp3) is 0.0400. The molecule has 0 spiro atoms. The van der Waals surface area contributed by atoms with Gasteiger partial charge in [-0.2, -0.15) is 0 Å². The quantitative estimate of drug-likeness (QED) is 0.305. The fourth-order valence-electron chi connectivity index (χ4n) is 3.37. The summed E-state index contributed by atoms with van der Waals surface area (Å²) in [5.74, 6) is 0.515. The third-order valence-corrected chi connectivity index (χ3v) is 4.79. The summed E-state index contributed by atoms with van der Waals surface area (Å²) in [6, 6.07) is 31.1. The molecule has 2 nitrogen and oxygen atoms in total. The molecule has 2 N–H and O–H groups in total. The second-order valence-electron chi connectivity index (χ2n) is 6.61. The molecule has 0 saturated carbocycles. The van der Waals surface area contributed by atoms with E-state index in [0.717, 1.165) is 33.4 Å². The van der Waals surface area contributed by atoms with Crippen molar-refractivity contribution in [2.75, 3.05) is 0 Å². The van der Waals surface area contributed by atoms with Gasteiger partial charge >= 0.3 is 35.6 Å². The van der Waals surface area contributed by atoms with E-state index in [1.165, 1.54) is 0 Å². The van der Waals surface area contributed by atoms with Crippen molar-refractivity contribution in [1.29, 1.82) is 0 Å². The van der Waals surface area contributed by atoms with Gasteiger partial charge in [0.05, 0.1) is 0 Å². The number of phenolic OH excluding ortho intramolecular Hbond substituents is 2. The zero-order valence-corrected chi connectivity index (χ0v) is 19.2. The topological polar surface area (TPSA) is 40.5 Å². The molecule has 0 aliphatic carbocycles. The van der Waals surface area contributed by atoms with Gasteiger partial charge in [0.15, 0.2) is 0 Å². The summed E-state index contributed by atoms with van der Waals surface area (Å²) in [4.78, 5) is 0. The van der Waals surface area contributed by atoms with Crippen molar-refractivity contribution in [3.8, 4) is 33.8 Å². The van der Waals surface area contributed by atoms with Crippen LogP contribution in [0.25, 0.3) is 22.3 Å². The van der Waals surface area contributed by atoms with E-state index < -0.39 is 17.0 Å². The van der Waals surface area contributed by atoms with Crippen LogP contribution >= 0.6 is 18.6 Å². The van der Waals surface area contributed by atoms with E-state index in [-0.39, 0.29) is 11.5 Å². The molecule has 0 bridgehead atoms. The van der Waals surface area contributed by atoms with E-state index in [4.69, 9.17) is 18.6 Å². The van der Waals surface area contributed by atoms with Crippen LogP contribution in [0.2, 0.25) is 0 Å². The Hall–Kier alpha value is -2.23. The molecule has 30 heavy (non-hydrogen) atoms. The Morgan fingerprint density at radius 1 is 0.533 bits per heavy atom. The molecule has 0 aromatic heterocycles. The van der Waals surface area contributed by atoms with Crippen molar-refractivity contribution in [2.24, 2.45) is 0 Å². The summed E-state index contributed by atoms with van der Waals surface area (Å²) in [5.41, 5.74) is 5.12. The second kappa shape index (κ2) is 11.2. The van der Waals surface area contributed by atoms with E-state index in [1.54, 1.807) is 0 Å². The number of phenols is 2. The number of para-hydroxylation sites is 2. The summed E-state index contributed by atoms with van der Waals surface area (Å²) in [6.45, 7) is 0. The van der Waals surface area contributed by atoms with Crippen molar-refractivity contribution in [2.45, 2.75) is 6.42 Å². The molecular formula is C25H20Cl2O2Ti. The van der Waals surface area contributed by atoms with Gasteiger partial charge in [-0.1, -0.05) is 97.1 Å². The van der Waals surface area contributed by atoms with Gasteiger partial charge in [-0.15, -0.1) is 0 Å². The molecule has 0 heterocycles. The SMILES string of the molecule is Oc1c(Cc2cccc(-c3ccccc3)c2O)cccc1-c1ccccc1.[Cl][Ti][Cl]. The summed E-state index contributed by atoms with van der Waals surface area (Å²) in [7, 11) is 9.78. The molecule has 4 aromatic carbocycles. The molecule has 0 amide bonds. The standard InChI is InChI=1S/C25H20O2.2ClH.Ti/c26-24-20(13-7-15-22(24)18-9-3-1-4-10-18)17-21-14-8-16-23(25(21)27)19-11-5-2-6-12-19;;;/h1-16,26-27H,17H2;2*1H;/q;;;+2/p-2. The first-order valence-corrected chi connectivity index (χ1v) is 13.6. The Morgan fingerprint density at radius 2 is 0.900 bits per heavy atom. The number of halogens is 2. The van der Waals surface area contributed by atoms with E-state index in [9.17, 15) is 10.2 Å². The van der Waals surface area contributed by atoms with Gasteiger partial charge in [-0.3, -0.25) is 0 Å². The van der Waals surface area contributed by atoms with Gasteiger partial charge in [-0.25, -0.2) is 0 Å². The van der Waals surface area contributed by atoms with Gasteiger partial charge in [0, 0.05) is 17.5 Å². The molecular weight excluding hydrogens is 451 g/mol. The van der Waals surface area contributed by atoms with Crippen LogP contribution in [0.3, 0.4) is 0 Å². The number of aromatic hydroxyl groups is 2. The third-order valence-electron chi connectivity index (χ3n) is 4.79. The predicted molar refractivity (Wildman–Crippen MR) is 122 cm³/mol. The number of hydrogen-bond donors (Lipinski definition) is 2. The molecule has 4 aromatic rings. The summed E-state index contributed by atoms with van der Waals surface area (Å²) in [5, 5.41) is 21.6. The minimum absolute atomic E-state index is 0.258. The molecule has 4 rings (SSSR count). The van der Waals surface area contributed by atoms with Gasteiger partial charge in [0.2, 0.25) is 0 Å². The van der Waals surface area contributed by atoms with E-state index in [0.29, 0.717) is 6.42 Å². The van der Waals surface area contributed by atoms with Gasteiger partial charge in [0.25, 0.3) is 0 Å². The minimum atomic E-state index is -0.556. The van der Waals surface area contributed by atoms with Gasteiger partial charge in [-0.05, 0) is 22.3 Å². The Bertz CT molecular complexity index is 1000. The molecule has 150 valence electrons. The van der Waals surface area contributed by atoms with E-state index in [1.807, 2.05) is 97.1 Å². The van der Waals surface area contributed by atoms with Gasteiger partial charge < -0.3 is 10.2 Å². The fourth-order valence-corrected chi connectivity index (χ4v) is 3.37. The molecule has 0 aliphatic rings. The van der Waals surface area contributed by atoms with Crippen LogP contribution in [-0.4, -0.2) is 10.2 Å². The van der Waals surface area contributed by atoms with E-state index >= 15 is 0 Å². The van der Waals surface area contributed by atoms with E-state index in [2.05, 4.69) is 0 Å². The van der Waals surface area contributed by atoms with Crippen LogP contribution in [0.5, 0.6) is 11.5 Å². The van der Waals surface area contributed by atoms with Crippen LogP contribution in [0.15, 0.2) is 97.1 Å². The molecule has 0 aliphatic heterocycles. The number of benzene rings is 4. The summed E-state index contributed by atoms with van der Waals surface area (Å²) in [6.07, 6.45) is 0.457.